The van der Waals surface area contributed by atoms with Crippen LogP contribution in [0.4, 0.5) is 4.39 Å². The first-order valence-electron chi connectivity index (χ1n) is 7.96. The van der Waals surface area contributed by atoms with Gasteiger partial charge in [-0.1, -0.05) is 55.8 Å². The van der Waals surface area contributed by atoms with Crippen molar-refractivity contribution in [2.24, 2.45) is 0 Å². The number of carbonyl (C=O) groups is 1. The summed E-state index contributed by atoms with van der Waals surface area (Å²) in [6.07, 6.45) is 0. The van der Waals surface area contributed by atoms with E-state index >= 15 is 0 Å². The molecule has 2 aromatic carbocycles. The van der Waals surface area contributed by atoms with Crippen molar-refractivity contribution in [3.8, 4) is 0 Å². The van der Waals surface area contributed by atoms with Crippen LogP contribution in [0.2, 0.25) is 5.02 Å². The van der Waals surface area contributed by atoms with E-state index in [0.29, 0.717) is 0 Å². The van der Waals surface area contributed by atoms with E-state index in [-0.39, 0.29) is 17.2 Å². The summed E-state index contributed by atoms with van der Waals surface area (Å²) in [5.41, 5.74) is 1.82. The maximum absolute atomic E-state index is 13.7. The summed E-state index contributed by atoms with van der Waals surface area (Å²) < 4.78 is 18.8. The molecule has 0 aliphatic rings. The van der Waals surface area contributed by atoms with E-state index in [0.717, 1.165) is 25.2 Å². The number of benzene rings is 2. The van der Waals surface area contributed by atoms with Crippen molar-refractivity contribution < 1.29 is 13.9 Å². The summed E-state index contributed by atoms with van der Waals surface area (Å²) in [6, 6.07) is 11.9. The van der Waals surface area contributed by atoms with E-state index in [1.54, 1.807) is 0 Å². The van der Waals surface area contributed by atoms with Gasteiger partial charge in [-0.25, -0.2) is 9.18 Å². The van der Waals surface area contributed by atoms with Crippen LogP contribution in [0.25, 0.3) is 0 Å². The molecule has 0 aromatic heterocycles. The van der Waals surface area contributed by atoms with Crippen LogP contribution in [-0.2, 0) is 17.9 Å². The minimum atomic E-state index is -0.759. The van der Waals surface area contributed by atoms with Crippen molar-refractivity contribution in [2.75, 3.05) is 13.1 Å². The summed E-state index contributed by atoms with van der Waals surface area (Å²) in [5.74, 6) is -1.44. The zero-order valence-electron chi connectivity index (χ0n) is 13.9. The fraction of sp³-hybridized carbons (Fsp3) is 0.316. The molecule has 3 nitrogen and oxygen atoms in total. The molecule has 0 N–H and O–H groups in total. The number of rotatable bonds is 7. The number of halogens is 2. The quantitative estimate of drug-likeness (QED) is 0.680. The van der Waals surface area contributed by atoms with E-state index in [1.807, 2.05) is 24.3 Å². The summed E-state index contributed by atoms with van der Waals surface area (Å²) in [7, 11) is 0. The Morgan fingerprint density at radius 3 is 2.29 bits per heavy atom. The number of ether oxygens (including phenoxy) is 1. The lowest BCUT2D eigenvalue weighted by molar-refractivity contribution is 0.0467. The summed E-state index contributed by atoms with van der Waals surface area (Å²) in [4.78, 5) is 14.3. The Morgan fingerprint density at radius 1 is 1.08 bits per heavy atom. The molecule has 0 heterocycles. The van der Waals surface area contributed by atoms with Crippen LogP contribution in [0.1, 0.15) is 35.3 Å². The van der Waals surface area contributed by atoms with Gasteiger partial charge in [-0.15, -0.1) is 0 Å². The maximum atomic E-state index is 13.7. The predicted octanol–water partition coefficient (Wildman–Crippen LogP) is 4.68. The lowest BCUT2D eigenvalue weighted by atomic mass is 10.1. The van der Waals surface area contributed by atoms with Gasteiger partial charge < -0.3 is 4.74 Å². The predicted molar refractivity (Wildman–Crippen MR) is 93.6 cm³/mol. The molecule has 0 saturated carbocycles. The van der Waals surface area contributed by atoms with E-state index in [1.165, 1.54) is 23.8 Å². The Labute approximate surface area is 147 Å². The van der Waals surface area contributed by atoms with Gasteiger partial charge in [-0.05, 0) is 36.3 Å². The fourth-order valence-corrected chi connectivity index (χ4v) is 2.60. The van der Waals surface area contributed by atoms with Crippen LogP contribution in [0.5, 0.6) is 0 Å². The van der Waals surface area contributed by atoms with Crippen LogP contribution < -0.4 is 0 Å². The summed E-state index contributed by atoms with van der Waals surface area (Å²) >= 11 is 5.86. The van der Waals surface area contributed by atoms with Crippen LogP contribution in [0.3, 0.4) is 0 Å². The van der Waals surface area contributed by atoms with E-state index in [2.05, 4.69) is 18.7 Å². The molecule has 0 amide bonds. The second-order valence-corrected chi connectivity index (χ2v) is 5.86. The molecule has 0 saturated heterocycles. The van der Waals surface area contributed by atoms with Gasteiger partial charge in [-0.2, -0.15) is 0 Å². The highest BCUT2D eigenvalue weighted by Crippen LogP contribution is 2.20. The average Bonchev–Trinajstić information content (AvgIpc) is 2.58. The van der Waals surface area contributed by atoms with Crippen molar-refractivity contribution >= 4 is 17.6 Å². The largest absolute Gasteiger partial charge is 0.457 e. The molecule has 2 aromatic rings. The minimum Gasteiger partial charge on any atom is -0.457 e. The van der Waals surface area contributed by atoms with E-state index < -0.39 is 11.8 Å². The van der Waals surface area contributed by atoms with Crippen molar-refractivity contribution in [3.63, 3.8) is 0 Å². The van der Waals surface area contributed by atoms with E-state index in [4.69, 9.17) is 16.3 Å². The molecule has 0 aliphatic heterocycles. The van der Waals surface area contributed by atoms with Gasteiger partial charge >= 0.3 is 5.97 Å². The Balaban J connectivity index is 1.96. The molecule has 0 radical (unpaired) electrons. The third kappa shape index (κ3) is 4.79. The van der Waals surface area contributed by atoms with Gasteiger partial charge in [0, 0.05) is 6.54 Å². The second-order valence-electron chi connectivity index (χ2n) is 5.45. The van der Waals surface area contributed by atoms with Gasteiger partial charge in [0.15, 0.2) is 0 Å². The Hall–Kier alpha value is -1.91. The van der Waals surface area contributed by atoms with Gasteiger partial charge in [-0.3, -0.25) is 4.90 Å². The van der Waals surface area contributed by atoms with Crippen LogP contribution in [0, 0.1) is 5.82 Å². The smallest absolute Gasteiger partial charge is 0.342 e. The molecule has 0 unspecified atom stereocenters. The average molecular weight is 350 g/mol. The number of hydrogen-bond acceptors (Lipinski definition) is 3. The number of nitrogens with zero attached hydrogens (tertiary/aromatic N) is 1. The second kappa shape index (κ2) is 8.81. The van der Waals surface area contributed by atoms with Gasteiger partial charge in [0.25, 0.3) is 0 Å². The molecule has 2 rings (SSSR count). The Morgan fingerprint density at radius 2 is 1.71 bits per heavy atom. The molecule has 5 heteroatoms. The van der Waals surface area contributed by atoms with Gasteiger partial charge in [0.05, 0.1) is 5.02 Å². The summed E-state index contributed by atoms with van der Waals surface area (Å²) in [5, 5.41) is 0.0505. The first-order chi connectivity index (χ1) is 11.5. The molecular weight excluding hydrogens is 329 g/mol. The molecule has 0 bridgehead atoms. The standard InChI is InChI=1S/C19H21ClFNO2/c1-3-22(4-2)12-14-8-10-15(11-9-14)13-24-19(23)18-16(20)6-5-7-17(18)21/h5-11H,3-4,12-13H2,1-2H3. The van der Waals surface area contributed by atoms with Crippen LogP contribution >= 0.6 is 11.6 Å². The zero-order valence-corrected chi connectivity index (χ0v) is 14.6. The Kier molecular flexibility index (Phi) is 6.76. The lowest BCUT2D eigenvalue weighted by Crippen LogP contribution is -2.22. The first-order valence-corrected chi connectivity index (χ1v) is 8.34. The van der Waals surface area contributed by atoms with Crippen molar-refractivity contribution in [1.82, 2.24) is 4.90 Å². The molecule has 0 atom stereocenters. The monoisotopic (exact) mass is 349 g/mol. The normalized spacial score (nSPS) is 10.9. The maximum Gasteiger partial charge on any atom is 0.342 e. The van der Waals surface area contributed by atoms with Crippen molar-refractivity contribution in [2.45, 2.75) is 27.0 Å². The highest BCUT2D eigenvalue weighted by molar-refractivity contribution is 6.33. The van der Waals surface area contributed by atoms with Crippen molar-refractivity contribution in [3.05, 3.63) is 70.0 Å². The van der Waals surface area contributed by atoms with Gasteiger partial charge in [0.1, 0.15) is 18.0 Å². The third-order valence-electron chi connectivity index (χ3n) is 3.86. The zero-order chi connectivity index (χ0) is 17.5. The number of esters is 1. The fourth-order valence-electron chi connectivity index (χ4n) is 2.36. The number of carbonyl (C=O) groups excluding carboxylic acids is 1. The molecule has 0 spiro atoms. The SMILES string of the molecule is CCN(CC)Cc1ccc(COC(=O)c2c(F)cccc2Cl)cc1. The Bertz CT molecular complexity index is 664. The number of hydrogen-bond donors (Lipinski definition) is 0. The summed E-state index contributed by atoms with van der Waals surface area (Å²) in [6.45, 7) is 7.22. The molecule has 24 heavy (non-hydrogen) atoms. The lowest BCUT2D eigenvalue weighted by Gasteiger charge is -2.18. The van der Waals surface area contributed by atoms with Crippen molar-refractivity contribution in [1.29, 1.82) is 0 Å². The first kappa shape index (κ1) is 18.4. The minimum absolute atomic E-state index is 0.0505. The topological polar surface area (TPSA) is 29.5 Å². The molecule has 0 aliphatic carbocycles. The van der Waals surface area contributed by atoms with Crippen LogP contribution in [0.15, 0.2) is 42.5 Å². The molecule has 0 fully saturated rings. The molecular formula is C19H21ClFNO2. The van der Waals surface area contributed by atoms with E-state index in [9.17, 15) is 9.18 Å². The van der Waals surface area contributed by atoms with Crippen LogP contribution in [-0.4, -0.2) is 24.0 Å². The third-order valence-corrected chi connectivity index (χ3v) is 4.18. The highest BCUT2D eigenvalue weighted by atomic mass is 35.5. The highest BCUT2D eigenvalue weighted by Gasteiger charge is 2.17. The molecule has 128 valence electrons. The van der Waals surface area contributed by atoms with Gasteiger partial charge in [0.2, 0.25) is 0 Å².